The molecule has 0 atom stereocenters. The van der Waals surface area contributed by atoms with Crippen molar-refractivity contribution >= 4 is 27.5 Å². The highest BCUT2D eigenvalue weighted by atomic mass is 79.9. The number of pyridine rings is 1. The fraction of sp³-hybridized carbons (Fsp3) is 0.250. The summed E-state index contributed by atoms with van der Waals surface area (Å²) in [7, 11) is 0. The van der Waals surface area contributed by atoms with Gasteiger partial charge >= 0.3 is 0 Å². The second kappa shape index (κ2) is 6.72. The number of amides is 1. The van der Waals surface area contributed by atoms with Gasteiger partial charge in [-0.05, 0) is 59.6 Å². The van der Waals surface area contributed by atoms with Crippen molar-refractivity contribution in [3.05, 3.63) is 58.3 Å². The van der Waals surface area contributed by atoms with Gasteiger partial charge in [0.15, 0.2) is 0 Å². The van der Waals surface area contributed by atoms with E-state index < -0.39 is 0 Å². The van der Waals surface area contributed by atoms with Crippen LogP contribution in [0.1, 0.15) is 29.9 Å². The standard InChI is InChI=1S/C16H18BrN3O/c1-11(2)20(10-12-5-3-6-13(18)9-12)16(21)15-14(17)7-4-8-19-15/h3-9,11H,10,18H2,1-2H3. The van der Waals surface area contributed by atoms with Crippen molar-refractivity contribution in [3.63, 3.8) is 0 Å². The highest BCUT2D eigenvalue weighted by Crippen LogP contribution is 2.19. The quantitative estimate of drug-likeness (QED) is 0.861. The molecule has 0 aliphatic carbocycles. The van der Waals surface area contributed by atoms with E-state index in [2.05, 4.69) is 20.9 Å². The summed E-state index contributed by atoms with van der Waals surface area (Å²) in [5, 5.41) is 0. The summed E-state index contributed by atoms with van der Waals surface area (Å²) in [6, 6.07) is 11.2. The molecule has 0 radical (unpaired) electrons. The van der Waals surface area contributed by atoms with E-state index in [9.17, 15) is 4.79 Å². The monoisotopic (exact) mass is 347 g/mol. The summed E-state index contributed by atoms with van der Waals surface area (Å²) < 4.78 is 0.702. The fourth-order valence-corrected chi connectivity index (χ4v) is 2.48. The maximum atomic E-state index is 12.7. The van der Waals surface area contributed by atoms with Gasteiger partial charge in [0, 0.05) is 28.9 Å². The number of hydrogen-bond donors (Lipinski definition) is 1. The first-order chi connectivity index (χ1) is 9.99. The number of carbonyl (C=O) groups excluding carboxylic acids is 1. The SMILES string of the molecule is CC(C)N(Cc1cccc(N)c1)C(=O)c1ncccc1Br. The molecule has 2 rings (SSSR count). The molecule has 1 heterocycles. The van der Waals surface area contributed by atoms with Crippen LogP contribution in [-0.2, 0) is 6.54 Å². The lowest BCUT2D eigenvalue weighted by atomic mass is 10.1. The van der Waals surface area contributed by atoms with Crippen LogP contribution in [0.2, 0.25) is 0 Å². The van der Waals surface area contributed by atoms with E-state index >= 15 is 0 Å². The van der Waals surface area contributed by atoms with Crippen molar-refractivity contribution in [3.8, 4) is 0 Å². The number of rotatable bonds is 4. The first-order valence-electron chi connectivity index (χ1n) is 6.75. The minimum atomic E-state index is -0.0973. The van der Waals surface area contributed by atoms with Crippen LogP contribution < -0.4 is 5.73 Å². The third kappa shape index (κ3) is 3.82. The zero-order valence-electron chi connectivity index (χ0n) is 12.1. The Morgan fingerprint density at radius 1 is 1.33 bits per heavy atom. The summed E-state index contributed by atoms with van der Waals surface area (Å²) in [4.78, 5) is 18.7. The van der Waals surface area contributed by atoms with E-state index in [-0.39, 0.29) is 11.9 Å². The van der Waals surface area contributed by atoms with Gasteiger partial charge in [-0.25, -0.2) is 4.98 Å². The van der Waals surface area contributed by atoms with Gasteiger partial charge in [-0.1, -0.05) is 12.1 Å². The van der Waals surface area contributed by atoms with Gasteiger partial charge in [0.05, 0.1) is 0 Å². The Kier molecular flexibility index (Phi) is 4.96. The summed E-state index contributed by atoms with van der Waals surface area (Å²) in [6.45, 7) is 4.48. The second-order valence-electron chi connectivity index (χ2n) is 5.11. The summed E-state index contributed by atoms with van der Waals surface area (Å²) >= 11 is 3.38. The van der Waals surface area contributed by atoms with E-state index in [1.165, 1.54) is 0 Å². The number of halogens is 1. The molecule has 1 amide bonds. The second-order valence-corrected chi connectivity index (χ2v) is 5.96. The molecular weight excluding hydrogens is 330 g/mol. The van der Waals surface area contributed by atoms with Crippen LogP contribution in [0, 0.1) is 0 Å². The number of nitrogen functional groups attached to an aromatic ring is 1. The Bertz CT molecular complexity index is 643. The molecule has 2 N–H and O–H groups in total. The topological polar surface area (TPSA) is 59.2 Å². The Balaban J connectivity index is 2.27. The van der Waals surface area contributed by atoms with Crippen LogP contribution >= 0.6 is 15.9 Å². The van der Waals surface area contributed by atoms with Gasteiger partial charge in [-0.3, -0.25) is 4.79 Å². The molecule has 0 fully saturated rings. The van der Waals surface area contributed by atoms with E-state index in [4.69, 9.17) is 5.73 Å². The third-order valence-electron chi connectivity index (χ3n) is 3.15. The Morgan fingerprint density at radius 2 is 2.10 bits per heavy atom. The van der Waals surface area contributed by atoms with Crippen molar-refractivity contribution in [1.82, 2.24) is 9.88 Å². The third-order valence-corrected chi connectivity index (χ3v) is 3.79. The smallest absolute Gasteiger partial charge is 0.274 e. The van der Waals surface area contributed by atoms with Gasteiger partial charge in [0.25, 0.3) is 5.91 Å². The van der Waals surface area contributed by atoms with Crippen molar-refractivity contribution in [2.75, 3.05) is 5.73 Å². The molecule has 1 aromatic carbocycles. The summed E-state index contributed by atoms with van der Waals surface area (Å²) in [5.74, 6) is -0.0973. The molecule has 0 aliphatic heterocycles. The van der Waals surface area contributed by atoms with Crippen LogP contribution in [0.4, 0.5) is 5.69 Å². The lowest BCUT2D eigenvalue weighted by Crippen LogP contribution is -2.37. The molecule has 0 aliphatic rings. The predicted octanol–water partition coefficient (Wildman–Crippen LogP) is 3.48. The normalized spacial score (nSPS) is 10.7. The fourth-order valence-electron chi connectivity index (χ4n) is 2.06. The molecule has 0 saturated carbocycles. The minimum Gasteiger partial charge on any atom is -0.399 e. The number of aromatic nitrogens is 1. The Hall–Kier alpha value is -1.88. The van der Waals surface area contributed by atoms with Crippen LogP contribution in [0.3, 0.4) is 0 Å². The molecule has 21 heavy (non-hydrogen) atoms. The van der Waals surface area contributed by atoms with Crippen LogP contribution in [0.25, 0.3) is 0 Å². The number of hydrogen-bond acceptors (Lipinski definition) is 3. The molecule has 0 spiro atoms. The minimum absolute atomic E-state index is 0.0628. The number of benzene rings is 1. The predicted molar refractivity (Wildman–Crippen MR) is 87.8 cm³/mol. The van der Waals surface area contributed by atoms with E-state index in [0.717, 1.165) is 5.56 Å². The first-order valence-corrected chi connectivity index (χ1v) is 7.54. The van der Waals surface area contributed by atoms with E-state index in [0.29, 0.717) is 22.4 Å². The van der Waals surface area contributed by atoms with E-state index in [1.807, 2.05) is 44.2 Å². The lowest BCUT2D eigenvalue weighted by molar-refractivity contribution is 0.0683. The van der Waals surface area contributed by atoms with Crippen molar-refractivity contribution < 1.29 is 4.79 Å². The average molecular weight is 348 g/mol. The summed E-state index contributed by atoms with van der Waals surface area (Å²) in [5.41, 5.74) is 7.93. The molecule has 2 aromatic rings. The van der Waals surface area contributed by atoms with Crippen LogP contribution in [0.5, 0.6) is 0 Å². The van der Waals surface area contributed by atoms with Crippen LogP contribution in [-0.4, -0.2) is 21.8 Å². The maximum absolute atomic E-state index is 12.7. The molecular formula is C16H18BrN3O. The largest absolute Gasteiger partial charge is 0.399 e. The molecule has 5 heteroatoms. The van der Waals surface area contributed by atoms with Gasteiger partial charge in [-0.15, -0.1) is 0 Å². The maximum Gasteiger partial charge on any atom is 0.274 e. The van der Waals surface area contributed by atoms with Crippen molar-refractivity contribution in [2.45, 2.75) is 26.4 Å². The highest BCUT2D eigenvalue weighted by molar-refractivity contribution is 9.10. The van der Waals surface area contributed by atoms with E-state index in [1.54, 1.807) is 17.2 Å². The number of nitrogens with two attached hydrogens (primary N) is 1. The average Bonchev–Trinajstić information content (AvgIpc) is 2.44. The zero-order chi connectivity index (χ0) is 15.4. The van der Waals surface area contributed by atoms with Gasteiger partial charge < -0.3 is 10.6 Å². The molecule has 0 saturated heterocycles. The Labute approximate surface area is 133 Å². The molecule has 1 aromatic heterocycles. The molecule has 0 unspecified atom stereocenters. The van der Waals surface area contributed by atoms with Gasteiger partial charge in [0.2, 0.25) is 0 Å². The van der Waals surface area contributed by atoms with Gasteiger partial charge in [-0.2, -0.15) is 0 Å². The Morgan fingerprint density at radius 3 is 2.71 bits per heavy atom. The zero-order valence-corrected chi connectivity index (χ0v) is 13.7. The number of nitrogens with zero attached hydrogens (tertiary/aromatic N) is 2. The number of anilines is 1. The molecule has 4 nitrogen and oxygen atoms in total. The van der Waals surface area contributed by atoms with Crippen LogP contribution in [0.15, 0.2) is 47.1 Å². The van der Waals surface area contributed by atoms with Gasteiger partial charge in [0.1, 0.15) is 5.69 Å². The van der Waals surface area contributed by atoms with Crippen molar-refractivity contribution in [1.29, 1.82) is 0 Å². The summed E-state index contributed by atoms with van der Waals surface area (Å²) in [6.07, 6.45) is 1.62. The van der Waals surface area contributed by atoms with Crippen molar-refractivity contribution in [2.24, 2.45) is 0 Å². The number of carbonyl (C=O) groups is 1. The molecule has 0 bridgehead atoms. The first kappa shape index (κ1) is 15.5. The molecule has 110 valence electrons. The highest BCUT2D eigenvalue weighted by Gasteiger charge is 2.22. The lowest BCUT2D eigenvalue weighted by Gasteiger charge is -2.27.